The Kier molecular flexibility index (Phi) is 14.7. The summed E-state index contributed by atoms with van der Waals surface area (Å²) in [7, 11) is -6.04. The molecule has 0 rings (SSSR count). The number of hydrogen-bond acceptors (Lipinski definition) is 11. The van der Waals surface area contributed by atoms with Gasteiger partial charge in [0.1, 0.15) is 0 Å². The maximum absolute atomic E-state index is 11.8. The summed E-state index contributed by atoms with van der Waals surface area (Å²) in [6.45, 7) is 16.5. The van der Waals surface area contributed by atoms with Crippen molar-refractivity contribution in [2.75, 3.05) is 49.3 Å². The van der Waals surface area contributed by atoms with Crippen LogP contribution < -0.4 is 0 Å². The lowest BCUT2D eigenvalue weighted by Crippen LogP contribution is -2.67. The third kappa shape index (κ3) is 8.86. The van der Waals surface area contributed by atoms with E-state index >= 15 is 0 Å². The third-order valence-corrected chi connectivity index (χ3v) is 17.6. The highest BCUT2D eigenvalue weighted by Gasteiger charge is 2.61. The van der Waals surface area contributed by atoms with Crippen LogP contribution in [-0.2, 0) is 48.4 Å². The largest absolute Gasteiger partial charge is 0.521 e. The van der Waals surface area contributed by atoms with Crippen molar-refractivity contribution >= 4 is 41.2 Å². The SMILES string of the molecule is C=C[Si](OC)(OC)O[Si](CCCOC(=O)C(=C)C)(O[Si](C=C)(OC)OC)O[Si](C=C)(OC)OC. The molecule has 0 aromatic carbocycles. The van der Waals surface area contributed by atoms with Gasteiger partial charge in [0, 0.05) is 54.3 Å². The highest BCUT2D eigenvalue weighted by atomic mass is 28.5. The zero-order chi connectivity index (χ0) is 26.5. The van der Waals surface area contributed by atoms with Gasteiger partial charge in [-0.2, -0.15) is 0 Å². The molecule has 0 fully saturated rings. The first-order valence-corrected chi connectivity index (χ1v) is 17.5. The standard InChI is InChI=1S/C19H38O11Si4/c1-12-31(21-6,22-7)28-34(29-32(13-2,23-8)24-9,30-33(14-3,25-10)26-11)17-15-16-27-19(20)18(4)5/h12-14H,1-4,15-17H2,5-11H3. The Hall–Kier alpha value is -1.06. The lowest BCUT2D eigenvalue weighted by atomic mass is 10.4. The Balaban J connectivity index is 6.58. The summed E-state index contributed by atoms with van der Waals surface area (Å²) in [6.07, 6.45) is 0.268. The van der Waals surface area contributed by atoms with Crippen molar-refractivity contribution < 1.29 is 48.4 Å². The van der Waals surface area contributed by atoms with Crippen LogP contribution in [0.3, 0.4) is 0 Å². The lowest BCUT2D eigenvalue weighted by molar-refractivity contribution is -0.139. The number of esters is 1. The predicted octanol–water partition coefficient (Wildman–Crippen LogP) is 2.36. The van der Waals surface area contributed by atoms with Gasteiger partial charge in [0.25, 0.3) is 0 Å². The second-order valence-corrected chi connectivity index (χ2v) is 18.3. The zero-order valence-corrected chi connectivity index (χ0v) is 25.2. The fourth-order valence-electron chi connectivity index (χ4n) is 2.57. The molecule has 0 atom stereocenters. The van der Waals surface area contributed by atoms with Crippen LogP contribution in [0.25, 0.3) is 0 Å². The molecule has 0 heterocycles. The smallest absolute Gasteiger partial charge is 0.462 e. The van der Waals surface area contributed by atoms with Crippen LogP contribution in [-0.4, -0.2) is 90.5 Å². The van der Waals surface area contributed by atoms with Gasteiger partial charge < -0.3 is 43.6 Å². The van der Waals surface area contributed by atoms with Gasteiger partial charge in [0.05, 0.1) is 6.61 Å². The summed E-state index contributed by atoms with van der Waals surface area (Å²) in [6, 6.07) is 0.108. The van der Waals surface area contributed by atoms with E-state index in [0.29, 0.717) is 0 Å². The molecular weight excluding hydrogens is 517 g/mol. The number of carbonyl (C=O) groups is 1. The Bertz CT molecular complexity index is 627. The van der Waals surface area contributed by atoms with Crippen LogP contribution >= 0.6 is 0 Å². The van der Waals surface area contributed by atoms with Crippen LogP contribution in [0.1, 0.15) is 13.3 Å². The second-order valence-electron chi connectivity index (χ2n) is 6.66. The van der Waals surface area contributed by atoms with Gasteiger partial charge >= 0.3 is 41.2 Å². The molecule has 196 valence electrons. The van der Waals surface area contributed by atoms with Gasteiger partial charge in [-0.15, -0.1) is 0 Å². The van der Waals surface area contributed by atoms with Crippen molar-refractivity contribution in [1.29, 1.82) is 0 Å². The molecule has 0 saturated carbocycles. The summed E-state index contributed by atoms with van der Waals surface area (Å²) in [5.41, 5.74) is 4.56. The first-order chi connectivity index (χ1) is 16.0. The van der Waals surface area contributed by atoms with Crippen molar-refractivity contribution in [3.8, 4) is 0 Å². The minimum absolute atomic E-state index is 0.0321. The van der Waals surface area contributed by atoms with Crippen molar-refractivity contribution in [3.05, 3.63) is 49.0 Å². The summed E-state index contributed by atoms with van der Waals surface area (Å²) < 4.78 is 57.9. The predicted molar refractivity (Wildman–Crippen MR) is 134 cm³/mol. The topological polar surface area (TPSA) is 109 Å². The van der Waals surface area contributed by atoms with Gasteiger partial charge in [-0.05, 0) is 30.4 Å². The molecule has 0 unspecified atom stereocenters. The molecule has 11 nitrogen and oxygen atoms in total. The molecule has 0 aliphatic heterocycles. The first kappa shape index (κ1) is 32.9. The zero-order valence-electron chi connectivity index (χ0n) is 21.2. The maximum Gasteiger partial charge on any atom is 0.521 e. The molecule has 0 aromatic heterocycles. The lowest BCUT2D eigenvalue weighted by Gasteiger charge is -2.42. The second kappa shape index (κ2) is 15.1. The van der Waals surface area contributed by atoms with Gasteiger partial charge in [0.15, 0.2) is 0 Å². The molecule has 0 N–H and O–H groups in total. The van der Waals surface area contributed by atoms with E-state index in [1.807, 2.05) is 0 Å². The van der Waals surface area contributed by atoms with E-state index in [-0.39, 0.29) is 24.6 Å². The molecule has 0 bridgehead atoms. The maximum atomic E-state index is 11.8. The van der Waals surface area contributed by atoms with E-state index in [0.717, 1.165) is 0 Å². The monoisotopic (exact) mass is 554 g/mol. The summed E-state index contributed by atoms with van der Waals surface area (Å²) in [5.74, 6) is -0.522. The minimum Gasteiger partial charge on any atom is -0.462 e. The van der Waals surface area contributed by atoms with Crippen LogP contribution in [0.15, 0.2) is 49.0 Å². The Labute approximate surface area is 207 Å². The van der Waals surface area contributed by atoms with Gasteiger partial charge in [-0.3, -0.25) is 0 Å². The van der Waals surface area contributed by atoms with E-state index in [1.165, 1.54) is 59.8 Å². The summed E-state index contributed by atoms with van der Waals surface area (Å²) in [5, 5.41) is 0. The molecule has 0 amide bonds. The molecule has 0 aromatic rings. The van der Waals surface area contributed by atoms with Crippen LogP contribution in [0, 0.1) is 0 Å². The van der Waals surface area contributed by atoms with E-state index < -0.39 is 41.2 Å². The summed E-state index contributed by atoms with van der Waals surface area (Å²) >= 11 is 0. The van der Waals surface area contributed by atoms with E-state index in [9.17, 15) is 4.79 Å². The highest BCUT2D eigenvalue weighted by molar-refractivity contribution is 6.87. The van der Waals surface area contributed by atoms with Gasteiger partial charge in [-0.25, -0.2) is 4.79 Å². The number of hydrogen-bond donors (Lipinski definition) is 0. The van der Waals surface area contributed by atoms with Gasteiger partial charge in [0.2, 0.25) is 0 Å². The van der Waals surface area contributed by atoms with Crippen LogP contribution in [0.2, 0.25) is 6.04 Å². The number of ether oxygens (including phenoxy) is 1. The van der Waals surface area contributed by atoms with E-state index in [4.69, 9.17) is 43.6 Å². The minimum atomic E-state index is -3.98. The Morgan fingerprint density at radius 2 is 1.03 bits per heavy atom. The van der Waals surface area contributed by atoms with Crippen molar-refractivity contribution in [3.63, 3.8) is 0 Å². The van der Waals surface area contributed by atoms with E-state index in [2.05, 4.69) is 26.3 Å². The molecule has 0 radical (unpaired) electrons. The molecule has 15 heteroatoms. The first-order valence-electron chi connectivity index (χ1n) is 10.1. The van der Waals surface area contributed by atoms with Crippen molar-refractivity contribution in [2.24, 2.45) is 0 Å². The van der Waals surface area contributed by atoms with Crippen molar-refractivity contribution in [2.45, 2.75) is 19.4 Å². The average molecular weight is 555 g/mol. The third-order valence-electron chi connectivity index (χ3n) is 4.56. The average Bonchev–Trinajstić information content (AvgIpc) is 2.87. The molecule has 0 spiro atoms. The fraction of sp³-hybridized carbons (Fsp3) is 0.526. The van der Waals surface area contributed by atoms with Crippen molar-refractivity contribution in [1.82, 2.24) is 0 Å². The van der Waals surface area contributed by atoms with Crippen LogP contribution in [0.5, 0.6) is 0 Å². The van der Waals surface area contributed by atoms with E-state index in [1.54, 1.807) is 6.92 Å². The molecule has 34 heavy (non-hydrogen) atoms. The normalized spacial score (nSPS) is 12.8. The molecule has 0 aliphatic rings. The Morgan fingerprint density at radius 1 is 0.706 bits per heavy atom. The quantitative estimate of drug-likeness (QED) is 0.0957. The molecule has 0 saturated heterocycles. The number of rotatable bonds is 20. The Morgan fingerprint density at radius 3 is 1.26 bits per heavy atom. The highest BCUT2D eigenvalue weighted by Crippen LogP contribution is 2.32. The van der Waals surface area contributed by atoms with Crippen LogP contribution in [0.4, 0.5) is 0 Å². The summed E-state index contributed by atoms with van der Waals surface area (Å²) in [4.78, 5) is 11.8. The number of carbonyl (C=O) groups excluding carboxylic acids is 1. The molecule has 0 aliphatic carbocycles. The van der Waals surface area contributed by atoms with Gasteiger partial charge in [-0.1, -0.05) is 26.3 Å². The fourth-order valence-corrected chi connectivity index (χ4v) is 15.7. The molecular formula is C19H38O11Si4.